The van der Waals surface area contributed by atoms with Gasteiger partial charge < -0.3 is 15.4 Å². The molecule has 0 aliphatic heterocycles. The molecule has 0 saturated heterocycles. The highest BCUT2D eigenvalue weighted by Gasteiger charge is 2.31. The molecular formula is C31H32F3N5O3. The molecule has 0 bridgehead atoms. The molecule has 2 heterocycles. The van der Waals surface area contributed by atoms with Gasteiger partial charge in [-0.3, -0.25) is 9.48 Å². The van der Waals surface area contributed by atoms with Gasteiger partial charge in [-0.05, 0) is 80.3 Å². The van der Waals surface area contributed by atoms with Crippen LogP contribution in [0.25, 0.3) is 22.5 Å². The first kappa shape index (κ1) is 30.3. The summed E-state index contributed by atoms with van der Waals surface area (Å²) in [6.07, 6.45) is -3.56. The van der Waals surface area contributed by atoms with E-state index in [1.807, 2.05) is 0 Å². The number of aryl methyl sites for hydroxylation is 1. The third-order valence-electron chi connectivity index (χ3n) is 6.39. The van der Waals surface area contributed by atoms with Gasteiger partial charge in [0.2, 0.25) is 0 Å². The van der Waals surface area contributed by atoms with Crippen LogP contribution in [0.2, 0.25) is 0 Å². The summed E-state index contributed by atoms with van der Waals surface area (Å²) in [5, 5.41) is 9.66. The molecule has 0 spiro atoms. The molecule has 4 rings (SSSR count). The number of hydrogen-bond donors (Lipinski definition) is 2. The summed E-state index contributed by atoms with van der Waals surface area (Å²) < 4.78 is 47.5. The first-order valence-electron chi connectivity index (χ1n) is 13.2. The Morgan fingerprint density at radius 2 is 1.71 bits per heavy atom. The van der Waals surface area contributed by atoms with Crippen LogP contribution in [0.5, 0.6) is 0 Å². The number of nitrogens with one attached hydrogen (secondary N) is 2. The highest BCUT2D eigenvalue weighted by atomic mass is 19.4. The van der Waals surface area contributed by atoms with E-state index in [2.05, 4.69) is 20.7 Å². The van der Waals surface area contributed by atoms with Crippen LogP contribution < -0.4 is 10.6 Å². The van der Waals surface area contributed by atoms with Gasteiger partial charge in [0, 0.05) is 19.8 Å². The van der Waals surface area contributed by atoms with Crippen molar-refractivity contribution in [1.82, 2.24) is 25.4 Å². The Kier molecular flexibility index (Phi) is 8.70. The SMILES string of the molecule is C[C@@H](NC(=O)c1cccc(-c2ccnn2C)n1)c1ccc(-c2cc(C(F)(F)F)ccc2CNC(=O)OC(C)(C)C)cc1. The molecule has 8 nitrogen and oxygen atoms in total. The van der Waals surface area contributed by atoms with Gasteiger partial charge in [0.15, 0.2) is 0 Å². The van der Waals surface area contributed by atoms with E-state index in [-0.39, 0.29) is 18.1 Å². The second-order valence-electron chi connectivity index (χ2n) is 10.8. The average Bonchev–Trinajstić information content (AvgIpc) is 3.36. The van der Waals surface area contributed by atoms with E-state index in [1.165, 1.54) is 6.07 Å². The van der Waals surface area contributed by atoms with Crippen molar-refractivity contribution in [3.8, 4) is 22.5 Å². The molecular weight excluding hydrogens is 547 g/mol. The number of pyridine rings is 1. The number of nitrogens with zero attached hydrogens (tertiary/aromatic N) is 3. The lowest BCUT2D eigenvalue weighted by molar-refractivity contribution is -0.137. The summed E-state index contributed by atoms with van der Waals surface area (Å²) in [6.45, 7) is 6.94. The highest BCUT2D eigenvalue weighted by molar-refractivity contribution is 5.93. The van der Waals surface area contributed by atoms with Gasteiger partial charge in [-0.25, -0.2) is 9.78 Å². The van der Waals surface area contributed by atoms with Crippen molar-refractivity contribution < 1.29 is 27.5 Å². The summed E-state index contributed by atoms with van der Waals surface area (Å²) >= 11 is 0. The minimum atomic E-state index is -4.54. The number of rotatable bonds is 7. The molecule has 0 unspecified atom stereocenters. The maximum atomic E-state index is 13.5. The summed E-state index contributed by atoms with van der Waals surface area (Å²) in [7, 11) is 1.79. The average molecular weight is 580 g/mol. The molecule has 2 aromatic heterocycles. The monoisotopic (exact) mass is 579 g/mol. The van der Waals surface area contributed by atoms with Crippen LogP contribution in [-0.4, -0.2) is 32.4 Å². The maximum absolute atomic E-state index is 13.5. The van der Waals surface area contributed by atoms with E-state index in [9.17, 15) is 22.8 Å². The molecule has 0 aliphatic rings. The van der Waals surface area contributed by atoms with Gasteiger partial charge in [0.25, 0.3) is 5.91 Å². The molecule has 4 aromatic rings. The number of benzene rings is 2. The summed E-state index contributed by atoms with van der Waals surface area (Å²) in [6, 6.07) is 16.8. The number of alkyl carbamates (subject to hydrolysis) is 1. The van der Waals surface area contributed by atoms with Crippen molar-refractivity contribution >= 4 is 12.0 Å². The third kappa shape index (κ3) is 7.54. The van der Waals surface area contributed by atoms with Crippen molar-refractivity contribution in [2.45, 2.75) is 52.1 Å². The van der Waals surface area contributed by atoms with Crippen LogP contribution >= 0.6 is 0 Å². The molecule has 220 valence electrons. The van der Waals surface area contributed by atoms with Gasteiger partial charge in [-0.2, -0.15) is 18.3 Å². The fourth-order valence-electron chi connectivity index (χ4n) is 4.29. The summed E-state index contributed by atoms with van der Waals surface area (Å²) in [5.74, 6) is -0.371. The zero-order valence-corrected chi connectivity index (χ0v) is 23.9. The van der Waals surface area contributed by atoms with E-state index in [1.54, 1.807) is 94.2 Å². The Balaban J connectivity index is 1.52. The molecule has 0 saturated carbocycles. The topological polar surface area (TPSA) is 98.1 Å². The lowest BCUT2D eigenvalue weighted by Crippen LogP contribution is -2.32. The third-order valence-corrected chi connectivity index (χ3v) is 6.39. The first-order chi connectivity index (χ1) is 19.7. The van der Waals surface area contributed by atoms with E-state index in [4.69, 9.17) is 4.74 Å². The number of carbonyl (C=O) groups is 2. The van der Waals surface area contributed by atoms with Crippen LogP contribution in [0.1, 0.15) is 60.9 Å². The van der Waals surface area contributed by atoms with Crippen molar-refractivity contribution in [2.24, 2.45) is 7.05 Å². The molecule has 11 heteroatoms. The smallest absolute Gasteiger partial charge is 0.416 e. The quantitative estimate of drug-likeness (QED) is 0.254. The van der Waals surface area contributed by atoms with Crippen molar-refractivity contribution in [3.63, 3.8) is 0 Å². The minimum Gasteiger partial charge on any atom is -0.444 e. The van der Waals surface area contributed by atoms with Gasteiger partial charge in [-0.15, -0.1) is 0 Å². The molecule has 1 atom stereocenters. The zero-order valence-electron chi connectivity index (χ0n) is 23.9. The van der Waals surface area contributed by atoms with E-state index in [0.717, 1.165) is 23.4 Å². The number of aromatic nitrogens is 3. The fraction of sp³-hybridized carbons (Fsp3) is 0.290. The van der Waals surface area contributed by atoms with Crippen molar-refractivity contribution in [3.05, 3.63) is 95.3 Å². The normalized spacial score (nSPS) is 12.5. The van der Waals surface area contributed by atoms with Crippen molar-refractivity contribution in [1.29, 1.82) is 0 Å². The second-order valence-corrected chi connectivity index (χ2v) is 10.8. The predicted molar refractivity (Wildman–Crippen MR) is 152 cm³/mol. The molecule has 2 amide bonds. The largest absolute Gasteiger partial charge is 0.444 e. The minimum absolute atomic E-state index is 0.0263. The Morgan fingerprint density at radius 1 is 1.00 bits per heavy atom. The highest BCUT2D eigenvalue weighted by Crippen LogP contribution is 2.34. The number of carbonyl (C=O) groups excluding carboxylic acids is 2. The van der Waals surface area contributed by atoms with E-state index in [0.29, 0.717) is 22.4 Å². The standard InChI is InChI=1S/C31H32F3N5O3/c1-19(37-28(40)26-8-6-7-25(38-26)27-15-16-36-39(27)5)20-9-11-21(12-10-20)24-17-23(31(32,33)34)14-13-22(24)18-35-29(41)42-30(2,3)4/h6-17,19H,18H2,1-5H3,(H,35,41)(H,37,40)/t19-/m1/s1. The van der Waals surface area contributed by atoms with Gasteiger partial charge in [0.1, 0.15) is 11.3 Å². The number of halogens is 3. The zero-order chi connectivity index (χ0) is 30.7. The van der Waals surface area contributed by atoms with E-state index >= 15 is 0 Å². The van der Waals surface area contributed by atoms with Crippen LogP contribution in [0.3, 0.4) is 0 Å². The molecule has 2 aromatic carbocycles. The van der Waals surface area contributed by atoms with Gasteiger partial charge in [0.05, 0.1) is 23.0 Å². The van der Waals surface area contributed by atoms with Crippen LogP contribution in [0.4, 0.5) is 18.0 Å². The Hall–Kier alpha value is -4.67. The number of ether oxygens (including phenoxy) is 1. The number of alkyl halides is 3. The summed E-state index contributed by atoms with van der Waals surface area (Å²) in [5.41, 5.74) is 2.18. The first-order valence-corrected chi connectivity index (χ1v) is 13.2. The van der Waals surface area contributed by atoms with Crippen LogP contribution in [-0.2, 0) is 24.5 Å². The molecule has 0 fully saturated rings. The molecule has 2 N–H and O–H groups in total. The van der Waals surface area contributed by atoms with Crippen molar-refractivity contribution in [2.75, 3.05) is 0 Å². The van der Waals surface area contributed by atoms with Crippen LogP contribution in [0.15, 0.2) is 72.9 Å². The lowest BCUT2D eigenvalue weighted by Gasteiger charge is -2.20. The maximum Gasteiger partial charge on any atom is 0.416 e. The van der Waals surface area contributed by atoms with Gasteiger partial charge in [-0.1, -0.05) is 36.4 Å². The van der Waals surface area contributed by atoms with E-state index < -0.39 is 29.5 Å². The molecule has 0 radical (unpaired) electrons. The predicted octanol–water partition coefficient (Wildman–Crippen LogP) is 6.68. The Labute approximate surface area is 241 Å². The molecule has 42 heavy (non-hydrogen) atoms. The second kappa shape index (κ2) is 12.1. The molecule has 0 aliphatic carbocycles. The number of hydrogen-bond acceptors (Lipinski definition) is 5. The number of amides is 2. The van der Waals surface area contributed by atoms with Crippen LogP contribution in [0, 0.1) is 0 Å². The fourth-order valence-corrected chi connectivity index (χ4v) is 4.29. The Bertz CT molecular complexity index is 1570. The van der Waals surface area contributed by atoms with Gasteiger partial charge >= 0.3 is 12.3 Å². The lowest BCUT2D eigenvalue weighted by atomic mass is 9.95. The summed E-state index contributed by atoms with van der Waals surface area (Å²) in [4.78, 5) is 29.6. The Morgan fingerprint density at radius 3 is 2.33 bits per heavy atom.